The fourth-order valence-corrected chi connectivity index (χ4v) is 3.94. The molecule has 0 bridgehead atoms. The van der Waals surface area contributed by atoms with Crippen molar-refractivity contribution >= 4 is 5.97 Å². The van der Waals surface area contributed by atoms with Crippen molar-refractivity contribution in [1.82, 2.24) is 10.2 Å². The molecule has 0 radical (unpaired) electrons. The van der Waals surface area contributed by atoms with E-state index in [4.69, 9.17) is 0 Å². The number of likely N-dealkylation sites (N-methyl/N-ethyl adjacent to an activating group) is 1. The lowest BCUT2D eigenvalue weighted by atomic mass is 9.64. The van der Waals surface area contributed by atoms with E-state index in [2.05, 4.69) is 44.8 Å². The molecule has 0 amide bonds. The van der Waals surface area contributed by atoms with Crippen LogP contribution in [0.25, 0.3) is 0 Å². The number of hydrogen-bond acceptors (Lipinski definition) is 3. The van der Waals surface area contributed by atoms with Crippen LogP contribution in [0.1, 0.15) is 53.9 Å². The average molecular weight is 284 g/mol. The third-order valence-corrected chi connectivity index (χ3v) is 4.57. The summed E-state index contributed by atoms with van der Waals surface area (Å²) in [6.45, 7) is 14.5. The summed E-state index contributed by atoms with van der Waals surface area (Å²) in [5.74, 6) is -0.229. The molecule has 0 spiro atoms. The van der Waals surface area contributed by atoms with Gasteiger partial charge in [0.1, 0.15) is 5.54 Å². The molecule has 1 rings (SSSR count). The zero-order chi connectivity index (χ0) is 15.4. The first kappa shape index (κ1) is 17.4. The Morgan fingerprint density at radius 3 is 2.35 bits per heavy atom. The normalized spacial score (nSPS) is 29.6. The maximum absolute atomic E-state index is 11.8. The molecule has 0 aromatic heterocycles. The van der Waals surface area contributed by atoms with Crippen molar-refractivity contribution in [2.45, 2.75) is 59.4 Å². The van der Waals surface area contributed by atoms with Crippen molar-refractivity contribution in [3.63, 3.8) is 0 Å². The van der Waals surface area contributed by atoms with E-state index in [1.165, 1.54) is 0 Å². The smallest absolute Gasteiger partial charge is 0.323 e. The zero-order valence-electron chi connectivity index (χ0n) is 13.8. The first-order valence-electron chi connectivity index (χ1n) is 7.95. The van der Waals surface area contributed by atoms with E-state index in [9.17, 15) is 9.90 Å². The third kappa shape index (κ3) is 4.45. The van der Waals surface area contributed by atoms with Crippen LogP contribution in [-0.4, -0.2) is 47.7 Å². The van der Waals surface area contributed by atoms with E-state index >= 15 is 0 Å². The number of rotatable bonds is 7. The number of aliphatic carboxylic acids is 1. The van der Waals surface area contributed by atoms with Gasteiger partial charge in [-0.2, -0.15) is 0 Å². The van der Waals surface area contributed by atoms with Gasteiger partial charge in [-0.15, -0.1) is 0 Å². The monoisotopic (exact) mass is 284 g/mol. The van der Waals surface area contributed by atoms with E-state index in [0.717, 1.165) is 45.4 Å². The summed E-state index contributed by atoms with van der Waals surface area (Å²) in [4.78, 5) is 14.2. The molecule has 2 atom stereocenters. The summed E-state index contributed by atoms with van der Waals surface area (Å²) in [5, 5.41) is 13.1. The van der Waals surface area contributed by atoms with Crippen LogP contribution in [0.3, 0.4) is 0 Å². The average Bonchev–Trinajstić information content (AvgIpc) is 2.32. The van der Waals surface area contributed by atoms with Crippen molar-refractivity contribution in [2.75, 3.05) is 26.2 Å². The molecular formula is C16H32N2O2. The Kier molecular flexibility index (Phi) is 6.02. The Hall–Kier alpha value is -0.610. The molecule has 1 saturated carbocycles. The lowest BCUT2D eigenvalue weighted by Gasteiger charge is -2.45. The van der Waals surface area contributed by atoms with Gasteiger partial charge in [-0.05, 0) is 43.7 Å². The Morgan fingerprint density at radius 2 is 1.90 bits per heavy atom. The molecule has 0 aromatic rings. The van der Waals surface area contributed by atoms with Crippen LogP contribution in [0.2, 0.25) is 0 Å². The van der Waals surface area contributed by atoms with E-state index in [1.54, 1.807) is 0 Å². The second-order valence-corrected chi connectivity index (χ2v) is 7.20. The first-order valence-corrected chi connectivity index (χ1v) is 7.95. The highest BCUT2D eigenvalue weighted by molar-refractivity contribution is 5.79. The fourth-order valence-electron chi connectivity index (χ4n) is 3.94. The van der Waals surface area contributed by atoms with Crippen LogP contribution in [0.15, 0.2) is 0 Å². The Labute approximate surface area is 123 Å². The minimum absolute atomic E-state index is 0.0955. The summed E-state index contributed by atoms with van der Waals surface area (Å²) in [6, 6.07) is 0. The number of carboxylic acid groups (broad SMARTS) is 1. The summed E-state index contributed by atoms with van der Waals surface area (Å²) < 4.78 is 0. The van der Waals surface area contributed by atoms with Crippen LogP contribution >= 0.6 is 0 Å². The van der Waals surface area contributed by atoms with Crippen molar-refractivity contribution in [1.29, 1.82) is 0 Å². The standard InChI is InChI=1S/C16H32N2O2/c1-6-18(7-2)9-8-17-16(14(19)20)11-13(3)10-15(4,5)12-16/h13,17H,6-12H2,1-5H3,(H,19,20). The van der Waals surface area contributed by atoms with Crippen LogP contribution < -0.4 is 5.32 Å². The lowest BCUT2D eigenvalue weighted by Crippen LogP contribution is -2.59. The van der Waals surface area contributed by atoms with Gasteiger partial charge in [0.25, 0.3) is 0 Å². The number of nitrogens with one attached hydrogen (secondary N) is 1. The largest absolute Gasteiger partial charge is 0.480 e. The second-order valence-electron chi connectivity index (χ2n) is 7.20. The highest BCUT2D eigenvalue weighted by Crippen LogP contribution is 2.43. The van der Waals surface area contributed by atoms with E-state index < -0.39 is 11.5 Å². The number of carbonyl (C=O) groups is 1. The second kappa shape index (κ2) is 6.90. The molecule has 1 fully saturated rings. The summed E-state index contributed by atoms with van der Waals surface area (Å²) in [6.07, 6.45) is 2.57. The van der Waals surface area contributed by atoms with Gasteiger partial charge < -0.3 is 15.3 Å². The quantitative estimate of drug-likeness (QED) is 0.754. The maximum atomic E-state index is 11.8. The molecule has 1 aliphatic rings. The number of carboxylic acids is 1. The molecule has 4 heteroatoms. The van der Waals surface area contributed by atoms with Crippen molar-refractivity contribution in [3.05, 3.63) is 0 Å². The molecule has 0 aliphatic heterocycles. The Morgan fingerprint density at radius 1 is 1.30 bits per heavy atom. The van der Waals surface area contributed by atoms with E-state index in [0.29, 0.717) is 5.92 Å². The van der Waals surface area contributed by atoms with Gasteiger partial charge in [0, 0.05) is 13.1 Å². The Bertz CT molecular complexity index is 326. The van der Waals surface area contributed by atoms with Crippen molar-refractivity contribution < 1.29 is 9.90 Å². The zero-order valence-corrected chi connectivity index (χ0v) is 13.8. The minimum Gasteiger partial charge on any atom is -0.480 e. The van der Waals surface area contributed by atoms with Crippen molar-refractivity contribution in [3.8, 4) is 0 Å². The predicted molar refractivity (Wildman–Crippen MR) is 83.0 cm³/mol. The van der Waals surface area contributed by atoms with E-state index in [1.807, 2.05) is 0 Å². The van der Waals surface area contributed by atoms with Gasteiger partial charge in [0.05, 0.1) is 0 Å². The van der Waals surface area contributed by atoms with Gasteiger partial charge in [-0.1, -0.05) is 34.6 Å². The summed E-state index contributed by atoms with van der Waals surface area (Å²) >= 11 is 0. The molecule has 4 nitrogen and oxygen atoms in total. The molecule has 2 N–H and O–H groups in total. The topological polar surface area (TPSA) is 52.6 Å². The van der Waals surface area contributed by atoms with Gasteiger partial charge in [-0.25, -0.2) is 0 Å². The molecule has 118 valence electrons. The van der Waals surface area contributed by atoms with Gasteiger partial charge in [0.2, 0.25) is 0 Å². The molecule has 0 heterocycles. The predicted octanol–water partition coefficient (Wildman–Crippen LogP) is 2.59. The highest BCUT2D eigenvalue weighted by atomic mass is 16.4. The van der Waals surface area contributed by atoms with Crippen LogP contribution in [0.4, 0.5) is 0 Å². The maximum Gasteiger partial charge on any atom is 0.323 e. The van der Waals surface area contributed by atoms with Gasteiger partial charge >= 0.3 is 5.97 Å². The van der Waals surface area contributed by atoms with Gasteiger partial charge in [-0.3, -0.25) is 4.79 Å². The van der Waals surface area contributed by atoms with Crippen LogP contribution in [0, 0.1) is 11.3 Å². The lowest BCUT2D eigenvalue weighted by molar-refractivity contribution is -0.149. The van der Waals surface area contributed by atoms with E-state index in [-0.39, 0.29) is 5.41 Å². The molecule has 1 aliphatic carbocycles. The highest BCUT2D eigenvalue weighted by Gasteiger charge is 2.47. The third-order valence-electron chi connectivity index (χ3n) is 4.57. The Balaban J connectivity index is 2.70. The van der Waals surface area contributed by atoms with Gasteiger partial charge in [0.15, 0.2) is 0 Å². The summed E-state index contributed by atoms with van der Waals surface area (Å²) in [7, 11) is 0. The SMILES string of the molecule is CCN(CC)CCNC1(C(=O)O)CC(C)CC(C)(C)C1. The first-order chi connectivity index (χ1) is 9.24. The fraction of sp³-hybridized carbons (Fsp3) is 0.938. The molecule has 0 aromatic carbocycles. The number of hydrogen-bond donors (Lipinski definition) is 2. The molecular weight excluding hydrogens is 252 g/mol. The van der Waals surface area contributed by atoms with Crippen LogP contribution in [0.5, 0.6) is 0 Å². The molecule has 0 saturated heterocycles. The minimum atomic E-state index is -0.742. The summed E-state index contributed by atoms with van der Waals surface area (Å²) in [5.41, 5.74) is -0.646. The van der Waals surface area contributed by atoms with Crippen molar-refractivity contribution in [2.24, 2.45) is 11.3 Å². The molecule has 20 heavy (non-hydrogen) atoms. The number of nitrogens with zero attached hydrogens (tertiary/aromatic N) is 1. The van der Waals surface area contributed by atoms with Crippen LogP contribution in [-0.2, 0) is 4.79 Å². The molecule has 2 unspecified atom stereocenters.